The predicted octanol–water partition coefficient (Wildman–Crippen LogP) is 5.75. The molecule has 4 rings (SSSR count). The fourth-order valence-corrected chi connectivity index (χ4v) is 3.76. The second-order valence-electron chi connectivity index (χ2n) is 7.79. The van der Waals surface area contributed by atoms with Crippen molar-refractivity contribution in [3.63, 3.8) is 0 Å². The van der Waals surface area contributed by atoms with Crippen molar-refractivity contribution in [1.29, 1.82) is 0 Å². The van der Waals surface area contributed by atoms with Crippen molar-refractivity contribution >= 4 is 5.91 Å². The molecule has 5 nitrogen and oxygen atoms in total. The van der Waals surface area contributed by atoms with Crippen LogP contribution in [0, 0.1) is 5.82 Å². The van der Waals surface area contributed by atoms with Gasteiger partial charge in [0.2, 0.25) is 0 Å². The first kappa shape index (κ1) is 23.0. The molecule has 0 bridgehead atoms. The molecule has 1 amide bonds. The third-order valence-corrected chi connectivity index (χ3v) is 5.52. The van der Waals surface area contributed by atoms with Crippen molar-refractivity contribution in [2.24, 2.45) is 0 Å². The van der Waals surface area contributed by atoms with E-state index in [1.54, 1.807) is 49.7 Å². The number of hydrogen-bond acceptors (Lipinski definition) is 4. The Labute approximate surface area is 198 Å². The first-order valence-corrected chi connectivity index (χ1v) is 10.8. The highest BCUT2D eigenvalue weighted by Gasteiger charge is 2.18. The molecule has 0 saturated heterocycles. The molecule has 34 heavy (non-hydrogen) atoms. The summed E-state index contributed by atoms with van der Waals surface area (Å²) in [7, 11) is 3.17. The Morgan fingerprint density at radius 2 is 1.50 bits per heavy atom. The lowest BCUT2D eigenvalue weighted by atomic mass is 10.0. The van der Waals surface area contributed by atoms with Crippen LogP contribution in [-0.4, -0.2) is 30.0 Å². The van der Waals surface area contributed by atoms with Gasteiger partial charge < -0.3 is 14.4 Å². The van der Waals surface area contributed by atoms with Gasteiger partial charge in [0, 0.05) is 31.0 Å². The van der Waals surface area contributed by atoms with E-state index >= 15 is 0 Å². The van der Waals surface area contributed by atoms with E-state index in [0.717, 1.165) is 22.3 Å². The maximum Gasteiger partial charge on any atom is 0.254 e. The van der Waals surface area contributed by atoms with Gasteiger partial charge in [0.15, 0.2) is 11.5 Å². The molecule has 0 unspecified atom stereocenters. The van der Waals surface area contributed by atoms with Crippen molar-refractivity contribution < 1.29 is 18.7 Å². The minimum Gasteiger partial charge on any atom is -0.493 e. The lowest BCUT2D eigenvalue weighted by molar-refractivity contribution is 0.0730. The topological polar surface area (TPSA) is 51.7 Å². The van der Waals surface area contributed by atoms with Gasteiger partial charge in [-0.1, -0.05) is 30.3 Å². The minimum atomic E-state index is -0.297. The van der Waals surface area contributed by atoms with Crippen LogP contribution in [0.25, 0.3) is 11.1 Å². The molecular weight excluding hydrogens is 431 g/mol. The van der Waals surface area contributed by atoms with E-state index in [0.29, 0.717) is 30.2 Å². The van der Waals surface area contributed by atoms with Gasteiger partial charge in [-0.05, 0) is 70.8 Å². The Bertz CT molecular complexity index is 1260. The number of hydrogen-bond donors (Lipinski definition) is 0. The van der Waals surface area contributed by atoms with Gasteiger partial charge in [-0.15, -0.1) is 0 Å². The third-order valence-electron chi connectivity index (χ3n) is 5.52. The van der Waals surface area contributed by atoms with Gasteiger partial charge in [0.1, 0.15) is 5.82 Å². The Morgan fingerprint density at radius 1 is 0.794 bits per heavy atom. The molecule has 172 valence electrons. The van der Waals surface area contributed by atoms with Gasteiger partial charge in [-0.2, -0.15) is 0 Å². The molecule has 0 aliphatic rings. The normalized spacial score (nSPS) is 10.6. The van der Waals surface area contributed by atoms with E-state index in [9.17, 15) is 9.18 Å². The number of pyridine rings is 1. The summed E-state index contributed by atoms with van der Waals surface area (Å²) in [6, 6.07) is 23.0. The van der Waals surface area contributed by atoms with Gasteiger partial charge >= 0.3 is 0 Å². The predicted molar refractivity (Wildman–Crippen MR) is 129 cm³/mol. The summed E-state index contributed by atoms with van der Waals surface area (Å²) >= 11 is 0. The highest BCUT2D eigenvalue weighted by atomic mass is 19.1. The standard InChI is InChI=1S/C28H25FN2O3/c1-33-26-11-6-21(16-27(26)34-2)19-31(18-20-12-14-30-15-13-20)28(32)24-5-3-4-23(17-24)22-7-9-25(29)10-8-22/h3-17H,18-19H2,1-2H3. The number of nitrogens with zero attached hydrogens (tertiary/aromatic N) is 2. The van der Waals surface area contributed by atoms with Crippen LogP contribution in [0.3, 0.4) is 0 Å². The third kappa shape index (κ3) is 5.41. The quantitative estimate of drug-likeness (QED) is 0.339. The first-order valence-electron chi connectivity index (χ1n) is 10.8. The van der Waals surface area contributed by atoms with Crippen LogP contribution in [-0.2, 0) is 13.1 Å². The molecular formula is C28H25FN2O3. The maximum absolute atomic E-state index is 13.7. The zero-order valence-electron chi connectivity index (χ0n) is 19.1. The second kappa shape index (κ2) is 10.6. The number of amides is 1. The summed E-state index contributed by atoms with van der Waals surface area (Å²) in [5, 5.41) is 0. The molecule has 1 heterocycles. The largest absolute Gasteiger partial charge is 0.493 e. The average molecular weight is 457 g/mol. The molecule has 4 aromatic rings. The smallest absolute Gasteiger partial charge is 0.254 e. The zero-order valence-corrected chi connectivity index (χ0v) is 19.1. The SMILES string of the molecule is COc1ccc(CN(Cc2ccncc2)C(=O)c2cccc(-c3ccc(F)cc3)c2)cc1OC. The highest BCUT2D eigenvalue weighted by molar-refractivity contribution is 5.95. The van der Waals surface area contributed by atoms with Crippen molar-refractivity contribution in [1.82, 2.24) is 9.88 Å². The van der Waals surface area contributed by atoms with E-state index < -0.39 is 0 Å². The Balaban J connectivity index is 1.65. The number of benzene rings is 3. The lowest BCUT2D eigenvalue weighted by Gasteiger charge is -2.24. The Hall–Kier alpha value is -4.19. The van der Waals surface area contributed by atoms with Crippen LogP contribution in [0.4, 0.5) is 4.39 Å². The maximum atomic E-state index is 13.7. The van der Waals surface area contributed by atoms with Crippen LogP contribution in [0.5, 0.6) is 11.5 Å². The molecule has 0 atom stereocenters. The van der Waals surface area contributed by atoms with Gasteiger partial charge in [0.05, 0.1) is 14.2 Å². The van der Waals surface area contributed by atoms with E-state index in [1.165, 1.54) is 12.1 Å². The minimum absolute atomic E-state index is 0.115. The highest BCUT2D eigenvalue weighted by Crippen LogP contribution is 2.29. The number of carbonyl (C=O) groups excluding carboxylic acids is 1. The zero-order chi connectivity index (χ0) is 23.9. The van der Waals surface area contributed by atoms with Gasteiger partial charge in [-0.25, -0.2) is 4.39 Å². The van der Waals surface area contributed by atoms with E-state index in [4.69, 9.17) is 9.47 Å². The number of methoxy groups -OCH3 is 2. The molecule has 0 fully saturated rings. The van der Waals surface area contributed by atoms with E-state index in [2.05, 4.69) is 4.98 Å². The number of ether oxygens (including phenoxy) is 2. The number of halogens is 1. The van der Waals surface area contributed by atoms with E-state index in [1.807, 2.05) is 48.5 Å². The van der Waals surface area contributed by atoms with Crippen molar-refractivity contribution in [3.8, 4) is 22.6 Å². The van der Waals surface area contributed by atoms with Gasteiger partial charge in [-0.3, -0.25) is 9.78 Å². The molecule has 0 spiro atoms. The van der Waals surface area contributed by atoms with Crippen molar-refractivity contribution in [3.05, 3.63) is 114 Å². The van der Waals surface area contributed by atoms with Crippen LogP contribution < -0.4 is 9.47 Å². The summed E-state index contributed by atoms with van der Waals surface area (Å²) < 4.78 is 24.1. The van der Waals surface area contributed by atoms with Crippen LogP contribution in [0.2, 0.25) is 0 Å². The fourth-order valence-electron chi connectivity index (χ4n) is 3.76. The van der Waals surface area contributed by atoms with Crippen molar-refractivity contribution in [2.45, 2.75) is 13.1 Å². The Kier molecular flexibility index (Phi) is 7.18. The van der Waals surface area contributed by atoms with Crippen molar-refractivity contribution in [2.75, 3.05) is 14.2 Å². The molecule has 3 aromatic carbocycles. The molecule has 0 N–H and O–H groups in total. The van der Waals surface area contributed by atoms with Crippen LogP contribution in [0.15, 0.2) is 91.3 Å². The van der Waals surface area contributed by atoms with E-state index in [-0.39, 0.29) is 11.7 Å². The fraction of sp³-hybridized carbons (Fsp3) is 0.143. The van der Waals surface area contributed by atoms with Crippen LogP contribution >= 0.6 is 0 Å². The van der Waals surface area contributed by atoms with Crippen LogP contribution in [0.1, 0.15) is 21.5 Å². The molecule has 6 heteroatoms. The summed E-state index contributed by atoms with van der Waals surface area (Å²) in [6.07, 6.45) is 3.42. The summed E-state index contributed by atoms with van der Waals surface area (Å²) in [5.41, 5.74) is 4.13. The molecule has 0 radical (unpaired) electrons. The molecule has 1 aromatic heterocycles. The summed E-state index contributed by atoms with van der Waals surface area (Å²) in [5.74, 6) is 0.824. The summed E-state index contributed by atoms with van der Waals surface area (Å²) in [6.45, 7) is 0.790. The molecule has 0 saturated carbocycles. The lowest BCUT2D eigenvalue weighted by Crippen LogP contribution is -2.30. The second-order valence-corrected chi connectivity index (χ2v) is 7.79. The van der Waals surface area contributed by atoms with Gasteiger partial charge in [0.25, 0.3) is 5.91 Å². The Morgan fingerprint density at radius 3 is 2.21 bits per heavy atom. The average Bonchev–Trinajstić information content (AvgIpc) is 2.89. The monoisotopic (exact) mass is 456 g/mol. The molecule has 0 aliphatic carbocycles. The number of carbonyl (C=O) groups is 1. The number of aromatic nitrogens is 1. The first-order chi connectivity index (χ1) is 16.6. The molecule has 0 aliphatic heterocycles. The summed E-state index contributed by atoms with van der Waals surface area (Å²) in [4.78, 5) is 19.5. The number of rotatable bonds is 8.